The van der Waals surface area contributed by atoms with Crippen molar-refractivity contribution >= 4 is 11.8 Å². The van der Waals surface area contributed by atoms with E-state index in [9.17, 15) is 25.2 Å². The zero-order valence-electron chi connectivity index (χ0n) is 22.8. The molecule has 1 amide bonds. The summed E-state index contributed by atoms with van der Waals surface area (Å²) >= 11 is 0. The molecule has 0 heterocycles. The number of hydrogen-bond acceptors (Lipinski definition) is 7. The van der Waals surface area contributed by atoms with E-state index in [1.54, 1.807) is 12.1 Å². The number of benzene rings is 2. The van der Waals surface area contributed by atoms with Gasteiger partial charge in [0, 0.05) is 30.4 Å². The molecule has 1 fully saturated rings. The highest BCUT2D eigenvalue weighted by molar-refractivity contribution is 5.86. The summed E-state index contributed by atoms with van der Waals surface area (Å²) in [6.07, 6.45) is 6.53. The third kappa shape index (κ3) is 10.4. The largest absolute Gasteiger partial charge is 0.508 e. The molecule has 0 unspecified atom stereocenters. The SMILES string of the molecule is O=C(O)N(c1cccc(COCCOCCCCCCNC[C@H](O)c2ccc(O)c(CO)c2)c1)C1CCCC1. The van der Waals surface area contributed by atoms with E-state index in [0.29, 0.717) is 49.8 Å². The number of aliphatic hydroxyl groups is 2. The second-order valence-electron chi connectivity index (χ2n) is 10.1. The lowest BCUT2D eigenvalue weighted by molar-refractivity contribution is 0.0393. The van der Waals surface area contributed by atoms with Gasteiger partial charge in [0.1, 0.15) is 5.75 Å². The molecule has 0 bridgehead atoms. The van der Waals surface area contributed by atoms with Crippen molar-refractivity contribution in [3.05, 3.63) is 59.2 Å². The van der Waals surface area contributed by atoms with E-state index in [2.05, 4.69) is 5.32 Å². The van der Waals surface area contributed by atoms with Crippen LogP contribution >= 0.6 is 0 Å². The molecule has 1 aliphatic carbocycles. The molecule has 1 aliphatic rings. The van der Waals surface area contributed by atoms with E-state index in [1.807, 2.05) is 24.3 Å². The summed E-state index contributed by atoms with van der Waals surface area (Å²) in [6.45, 7) is 3.09. The van der Waals surface area contributed by atoms with Crippen molar-refractivity contribution in [1.82, 2.24) is 5.32 Å². The Balaban J connectivity index is 1.18. The molecule has 0 radical (unpaired) electrons. The Labute approximate surface area is 231 Å². The van der Waals surface area contributed by atoms with Crippen LogP contribution in [0.25, 0.3) is 0 Å². The molecule has 9 heteroatoms. The van der Waals surface area contributed by atoms with Crippen molar-refractivity contribution in [2.75, 3.05) is 37.8 Å². The average Bonchev–Trinajstić information content (AvgIpc) is 3.46. The minimum atomic E-state index is -0.896. The van der Waals surface area contributed by atoms with Crippen LogP contribution < -0.4 is 10.2 Å². The third-order valence-corrected chi connectivity index (χ3v) is 7.11. The molecule has 39 heavy (non-hydrogen) atoms. The van der Waals surface area contributed by atoms with E-state index >= 15 is 0 Å². The first kappa shape index (κ1) is 30.8. The van der Waals surface area contributed by atoms with Gasteiger partial charge < -0.3 is 35.2 Å². The second kappa shape index (κ2) is 17.1. The van der Waals surface area contributed by atoms with E-state index in [4.69, 9.17) is 9.47 Å². The van der Waals surface area contributed by atoms with Crippen LogP contribution in [0.15, 0.2) is 42.5 Å². The number of anilines is 1. The van der Waals surface area contributed by atoms with Gasteiger partial charge in [-0.05, 0) is 67.6 Å². The van der Waals surface area contributed by atoms with Gasteiger partial charge in [-0.2, -0.15) is 0 Å². The van der Waals surface area contributed by atoms with Crippen molar-refractivity contribution in [3.63, 3.8) is 0 Å². The summed E-state index contributed by atoms with van der Waals surface area (Å²) in [6, 6.07) is 12.4. The van der Waals surface area contributed by atoms with Crippen LogP contribution in [0.1, 0.15) is 74.2 Å². The molecular formula is C30H44N2O7. The van der Waals surface area contributed by atoms with E-state index in [-0.39, 0.29) is 18.4 Å². The van der Waals surface area contributed by atoms with Crippen molar-refractivity contribution in [1.29, 1.82) is 0 Å². The summed E-state index contributed by atoms with van der Waals surface area (Å²) < 4.78 is 11.4. The zero-order chi connectivity index (χ0) is 27.9. The van der Waals surface area contributed by atoms with Gasteiger partial charge in [-0.15, -0.1) is 0 Å². The molecule has 2 aromatic carbocycles. The Hall–Kier alpha value is -2.69. The number of aromatic hydroxyl groups is 1. The molecule has 0 aliphatic heterocycles. The van der Waals surface area contributed by atoms with Gasteiger partial charge in [-0.1, -0.05) is 43.9 Å². The Kier molecular flexibility index (Phi) is 13.5. The monoisotopic (exact) mass is 544 g/mol. The number of amides is 1. The number of hydrogen-bond donors (Lipinski definition) is 5. The number of nitrogens with zero attached hydrogens (tertiary/aromatic N) is 1. The van der Waals surface area contributed by atoms with Crippen LogP contribution in [-0.2, 0) is 22.7 Å². The Morgan fingerprint density at radius 1 is 1.00 bits per heavy atom. The molecule has 216 valence electrons. The van der Waals surface area contributed by atoms with Gasteiger partial charge in [0.25, 0.3) is 0 Å². The highest BCUT2D eigenvalue weighted by Crippen LogP contribution is 2.29. The number of ether oxygens (including phenoxy) is 2. The van der Waals surface area contributed by atoms with Crippen molar-refractivity contribution < 1.29 is 34.7 Å². The lowest BCUT2D eigenvalue weighted by Crippen LogP contribution is -2.37. The lowest BCUT2D eigenvalue weighted by atomic mass is 10.1. The van der Waals surface area contributed by atoms with E-state index < -0.39 is 12.2 Å². The number of carboxylic acid groups (broad SMARTS) is 1. The molecular weight excluding hydrogens is 500 g/mol. The van der Waals surface area contributed by atoms with Gasteiger partial charge >= 0.3 is 6.09 Å². The molecule has 1 atom stereocenters. The predicted molar refractivity (Wildman–Crippen MR) is 150 cm³/mol. The number of rotatable bonds is 18. The predicted octanol–water partition coefficient (Wildman–Crippen LogP) is 4.73. The van der Waals surface area contributed by atoms with Gasteiger partial charge in [0.05, 0.1) is 32.5 Å². The van der Waals surface area contributed by atoms with E-state index in [0.717, 1.165) is 63.5 Å². The first-order chi connectivity index (χ1) is 19.0. The molecule has 2 aromatic rings. The molecule has 1 saturated carbocycles. The first-order valence-corrected chi connectivity index (χ1v) is 14.1. The van der Waals surface area contributed by atoms with Gasteiger partial charge in [-0.3, -0.25) is 4.90 Å². The second-order valence-corrected chi connectivity index (χ2v) is 10.1. The van der Waals surface area contributed by atoms with Crippen LogP contribution in [0.4, 0.5) is 10.5 Å². The fourth-order valence-electron chi connectivity index (χ4n) is 4.95. The van der Waals surface area contributed by atoms with Crippen LogP contribution in [0.2, 0.25) is 0 Å². The first-order valence-electron chi connectivity index (χ1n) is 14.1. The molecule has 9 nitrogen and oxygen atoms in total. The fourth-order valence-corrected chi connectivity index (χ4v) is 4.95. The summed E-state index contributed by atoms with van der Waals surface area (Å²) in [5, 5.41) is 42.1. The number of nitrogens with one attached hydrogen (secondary N) is 1. The smallest absolute Gasteiger partial charge is 0.412 e. The summed E-state index contributed by atoms with van der Waals surface area (Å²) in [7, 11) is 0. The van der Waals surface area contributed by atoms with Gasteiger partial charge in [0.2, 0.25) is 0 Å². The normalized spacial score (nSPS) is 14.5. The highest BCUT2D eigenvalue weighted by atomic mass is 16.5. The molecule has 0 spiro atoms. The number of aliphatic hydroxyl groups excluding tert-OH is 2. The maximum atomic E-state index is 11.8. The van der Waals surface area contributed by atoms with Crippen LogP contribution in [0.5, 0.6) is 5.75 Å². The maximum absolute atomic E-state index is 11.8. The van der Waals surface area contributed by atoms with Crippen molar-refractivity contribution in [2.24, 2.45) is 0 Å². The molecule has 0 aromatic heterocycles. The highest BCUT2D eigenvalue weighted by Gasteiger charge is 2.27. The molecule has 3 rings (SSSR count). The minimum Gasteiger partial charge on any atom is -0.508 e. The van der Waals surface area contributed by atoms with E-state index in [1.165, 1.54) is 11.0 Å². The van der Waals surface area contributed by atoms with Crippen LogP contribution in [0, 0.1) is 0 Å². The van der Waals surface area contributed by atoms with Crippen LogP contribution in [0.3, 0.4) is 0 Å². The summed E-state index contributed by atoms with van der Waals surface area (Å²) in [5.41, 5.74) is 2.75. The summed E-state index contributed by atoms with van der Waals surface area (Å²) in [5.74, 6) is 0.0314. The lowest BCUT2D eigenvalue weighted by Gasteiger charge is -2.26. The Bertz CT molecular complexity index is 997. The van der Waals surface area contributed by atoms with Crippen LogP contribution in [-0.4, -0.2) is 65.5 Å². The Morgan fingerprint density at radius 3 is 2.54 bits per heavy atom. The van der Waals surface area contributed by atoms with Gasteiger partial charge in [0.15, 0.2) is 0 Å². The maximum Gasteiger partial charge on any atom is 0.412 e. The quantitative estimate of drug-likeness (QED) is 0.170. The zero-order valence-corrected chi connectivity index (χ0v) is 22.8. The number of carbonyl (C=O) groups is 1. The average molecular weight is 545 g/mol. The Morgan fingerprint density at radius 2 is 1.77 bits per heavy atom. The van der Waals surface area contributed by atoms with Gasteiger partial charge in [-0.25, -0.2) is 4.79 Å². The fraction of sp³-hybridized carbons (Fsp3) is 0.567. The third-order valence-electron chi connectivity index (χ3n) is 7.11. The number of phenols is 1. The molecule has 0 saturated heterocycles. The topological polar surface area (TPSA) is 132 Å². The van der Waals surface area contributed by atoms with Crippen molar-refractivity contribution in [3.8, 4) is 5.75 Å². The standard InChI is InChI=1S/C30H44N2O7/c33-21-25-19-24(12-13-28(25)34)29(35)20-31-14-5-1-2-6-15-38-16-17-39-22-23-8-7-11-27(18-23)32(30(36)37)26-9-3-4-10-26/h7-8,11-13,18-19,26,29,31,33-35H,1-6,9-10,14-17,20-22H2,(H,36,37)/t29-/m0/s1. The molecule has 5 N–H and O–H groups in total. The number of unbranched alkanes of at least 4 members (excludes halogenated alkanes) is 3. The summed E-state index contributed by atoms with van der Waals surface area (Å²) in [4.78, 5) is 13.3. The minimum absolute atomic E-state index is 0.0314. The van der Waals surface area contributed by atoms with Crippen molar-refractivity contribution in [2.45, 2.75) is 76.7 Å².